The van der Waals surface area contributed by atoms with Crippen LogP contribution in [0.15, 0.2) is 0 Å². The molecule has 0 aromatic heterocycles. The summed E-state index contributed by atoms with van der Waals surface area (Å²) < 4.78 is 90.7. The van der Waals surface area contributed by atoms with Gasteiger partial charge in [0.15, 0.2) is 0 Å². The molecule has 0 spiro atoms. The zero-order chi connectivity index (χ0) is 43.1. The Morgan fingerprint density at radius 1 is 0.345 bits per heavy atom. The Hall–Kier alpha value is -1.80. The van der Waals surface area contributed by atoms with Gasteiger partial charge in [0.1, 0.15) is 0 Å². The Bertz CT molecular complexity index is 1290. The molecule has 58 heavy (non-hydrogen) atoms. The van der Waals surface area contributed by atoms with Crippen LogP contribution in [0.4, 0.5) is 0 Å². The molecule has 0 saturated heterocycles. The summed E-state index contributed by atoms with van der Waals surface area (Å²) in [6.45, 7) is 1.95. The SMILES string of the molecule is CCCCCCCCCC(S(=O)(=O)NCCCCCCCCCCC#N)(S(=O)(=O)NCCCCCCCCCCC#N)S(=O)(=O)NCCCCCCCCCCC#N. The summed E-state index contributed by atoms with van der Waals surface area (Å²) >= 11 is 0. The van der Waals surface area contributed by atoms with Gasteiger partial charge in [0.05, 0.1) is 18.2 Å². The van der Waals surface area contributed by atoms with Gasteiger partial charge in [-0.15, -0.1) is 0 Å². The summed E-state index contributed by atoms with van der Waals surface area (Å²) in [7, 11) is -14.9. The van der Waals surface area contributed by atoms with Crippen LogP contribution in [0.5, 0.6) is 0 Å². The Morgan fingerprint density at radius 3 is 0.828 bits per heavy atom. The van der Waals surface area contributed by atoms with Gasteiger partial charge in [0.2, 0.25) is 30.1 Å². The summed E-state index contributed by atoms with van der Waals surface area (Å²) in [4.78, 5) is 0. The van der Waals surface area contributed by atoms with Gasteiger partial charge in [-0.05, 0) is 44.9 Å². The van der Waals surface area contributed by atoms with E-state index < -0.39 is 39.9 Å². The first-order chi connectivity index (χ1) is 28.0. The van der Waals surface area contributed by atoms with Crippen LogP contribution in [0.1, 0.15) is 232 Å². The maximum atomic E-state index is 14.4. The Labute approximate surface area is 356 Å². The maximum Gasteiger partial charge on any atom is 0.313 e. The molecule has 0 rings (SSSR count). The van der Waals surface area contributed by atoms with Crippen molar-refractivity contribution in [3.8, 4) is 18.2 Å². The fourth-order valence-electron chi connectivity index (χ4n) is 7.25. The van der Waals surface area contributed by atoms with Crippen molar-refractivity contribution in [1.29, 1.82) is 15.8 Å². The van der Waals surface area contributed by atoms with E-state index in [0.29, 0.717) is 44.9 Å². The van der Waals surface area contributed by atoms with E-state index in [4.69, 9.17) is 15.8 Å². The van der Waals surface area contributed by atoms with E-state index in [1.54, 1.807) is 0 Å². The lowest BCUT2D eigenvalue weighted by Crippen LogP contribution is -2.63. The second-order valence-electron chi connectivity index (χ2n) is 16.0. The molecule has 0 aliphatic rings. The molecule has 0 aromatic rings. The second kappa shape index (κ2) is 37.0. The Balaban J connectivity index is 5.89. The van der Waals surface area contributed by atoms with Crippen LogP contribution in [0, 0.1) is 34.0 Å². The van der Waals surface area contributed by atoms with Crippen molar-refractivity contribution in [3.05, 3.63) is 0 Å². The lowest BCUT2D eigenvalue weighted by Gasteiger charge is -2.33. The summed E-state index contributed by atoms with van der Waals surface area (Å²) in [5, 5.41) is 26.1. The molecule has 0 bridgehead atoms. The monoisotopic (exact) mass is 875 g/mol. The van der Waals surface area contributed by atoms with Crippen molar-refractivity contribution in [1.82, 2.24) is 14.2 Å². The zero-order valence-corrected chi connectivity index (χ0v) is 38.8. The van der Waals surface area contributed by atoms with Crippen LogP contribution < -0.4 is 14.2 Å². The van der Waals surface area contributed by atoms with Gasteiger partial charge in [0, 0.05) is 45.3 Å². The van der Waals surface area contributed by atoms with E-state index in [2.05, 4.69) is 39.3 Å². The van der Waals surface area contributed by atoms with Crippen LogP contribution in [0.25, 0.3) is 0 Å². The minimum atomic E-state index is -4.96. The number of nitrogens with zero attached hydrogens (tertiary/aromatic N) is 3. The Kier molecular flexibility index (Phi) is 35.9. The molecule has 0 heterocycles. The van der Waals surface area contributed by atoms with Crippen LogP contribution >= 0.6 is 0 Å². The van der Waals surface area contributed by atoms with Crippen LogP contribution in [0.3, 0.4) is 0 Å². The fraction of sp³-hybridized carbons (Fsp3) is 0.930. The van der Waals surface area contributed by atoms with Crippen LogP contribution in [0.2, 0.25) is 0 Å². The number of nitrogens with one attached hydrogen (secondary N) is 3. The van der Waals surface area contributed by atoms with Gasteiger partial charge in [-0.2, -0.15) is 15.8 Å². The van der Waals surface area contributed by atoms with Crippen molar-refractivity contribution in [2.24, 2.45) is 0 Å². The van der Waals surface area contributed by atoms with E-state index >= 15 is 0 Å². The van der Waals surface area contributed by atoms with Gasteiger partial charge in [-0.1, -0.05) is 161 Å². The van der Waals surface area contributed by atoms with Crippen molar-refractivity contribution >= 4 is 30.1 Å². The predicted molar refractivity (Wildman–Crippen MR) is 238 cm³/mol. The quantitative estimate of drug-likeness (QED) is 0.0496. The number of rotatable bonds is 44. The molecule has 0 aliphatic heterocycles. The average molecular weight is 875 g/mol. The van der Waals surface area contributed by atoms with E-state index in [9.17, 15) is 25.3 Å². The maximum absolute atomic E-state index is 14.4. The molecular formula is C43H82N6O6S3. The minimum Gasteiger partial charge on any atom is -0.213 e. The van der Waals surface area contributed by atoms with Gasteiger partial charge < -0.3 is 0 Å². The first-order valence-electron chi connectivity index (χ1n) is 23.1. The molecule has 0 saturated carbocycles. The van der Waals surface area contributed by atoms with Gasteiger partial charge >= 0.3 is 3.41 Å². The number of unbranched alkanes of at least 4 members (excludes halogenated alkanes) is 30. The zero-order valence-electron chi connectivity index (χ0n) is 36.4. The molecule has 0 amide bonds. The smallest absolute Gasteiger partial charge is 0.213 e. The molecule has 338 valence electrons. The van der Waals surface area contributed by atoms with Gasteiger partial charge in [0.25, 0.3) is 0 Å². The van der Waals surface area contributed by atoms with E-state index in [1.807, 2.05) is 0 Å². The normalized spacial score (nSPS) is 12.3. The first-order valence-corrected chi connectivity index (χ1v) is 27.5. The summed E-state index contributed by atoms with van der Waals surface area (Å²) in [5.74, 6) is 0. The summed E-state index contributed by atoms with van der Waals surface area (Å²) in [6.07, 6.45) is 27.6. The molecule has 0 unspecified atom stereocenters. The van der Waals surface area contributed by atoms with Gasteiger partial charge in [-0.25, -0.2) is 39.4 Å². The third-order valence-corrected chi connectivity index (χ3v) is 19.6. The van der Waals surface area contributed by atoms with Crippen molar-refractivity contribution in [2.75, 3.05) is 19.6 Å². The second-order valence-corrected chi connectivity index (χ2v) is 22.7. The van der Waals surface area contributed by atoms with Crippen molar-refractivity contribution in [3.63, 3.8) is 0 Å². The lowest BCUT2D eigenvalue weighted by atomic mass is 10.1. The van der Waals surface area contributed by atoms with E-state index in [0.717, 1.165) is 167 Å². The molecule has 0 fully saturated rings. The number of hydrogen-bond acceptors (Lipinski definition) is 9. The highest BCUT2D eigenvalue weighted by atomic mass is 32.3. The molecule has 12 nitrogen and oxygen atoms in total. The number of hydrogen-bond donors (Lipinski definition) is 3. The average Bonchev–Trinajstić information content (AvgIpc) is 3.18. The van der Waals surface area contributed by atoms with E-state index in [1.165, 1.54) is 0 Å². The summed E-state index contributed by atoms with van der Waals surface area (Å²) in [6, 6.07) is 6.48. The van der Waals surface area contributed by atoms with E-state index in [-0.39, 0.29) is 26.1 Å². The summed E-state index contributed by atoms with van der Waals surface area (Å²) in [5.41, 5.74) is 0. The topological polar surface area (TPSA) is 210 Å². The Morgan fingerprint density at radius 2 is 0.569 bits per heavy atom. The molecule has 3 N–H and O–H groups in total. The standard InChI is InChI=1S/C43H82N6O6S3/c1-2-3-4-5-15-22-29-36-43(56(50,51)47-40-33-26-19-12-6-9-16-23-30-37-44,57(52,53)48-41-34-27-20-13-7-10-17-24-31-38-45)58(54,55)49-42-35-28-21-14-8-11-18-25-32-39-46/h47-49H,2-36,40-42H2,1H3. The molecule has 0 aliphatic carbocycles. The lowest BCUT2D eigenvalue weighted by molar-refractivity contribution is 0.502. The highest BCUT2D eigenvalue weighted by Crippen LogP contribution is 2.36. The van der Waals surface area contributed by atoms with Crippen molar-refractivity contribution < 1.29 is 25.3 Å². The molecule has 0 atom stereocenters. The molecule has 15 heteroatoms. The van der Waals surface area contributed by atoms with Crippen LogP contribution in [-0.2, 0) is 30.1 Å². The van der Waals surface area contributed by atoms with Crippen molar-refractivity contribution in [2.45, 2.75) is 235 Å². The highest BCUT2D eigenvalue weighted by molar-refractivity contribution is 8.24. The number of nitriles is 3. The highest BCUT2D eigenvalue weighted by Gasteiger charge is 2.64. The first kappa shape index (κ1) is 56.2. The molecule has 0 aromatic carbocycles. The van der Waals surface area contributed by atoms with Gasteiger partial charge in [-0.3, -0.25) is 0 Å². The van der Waals surface area contributed by atoms with Crippen LogP contribution in [-0.4, -0.2) is 48.3 Å². The largest absolute Gasteiger partial charge is 0.313 e. The molecule has 0 radical (unpaired) electrons. The fourth-order valence-corrected chi connectivity index (χ4v) is 14.9. The molecular weight excluding hydrogens is 793 g/mol. The predicted octanol–water partition coefficient (Wildman–Crippen LogP) is 10.6. The minimum absolute atomic E-state index is 0.0542. The number of sulfonamides is 3. The third kappa shape index (κ3) is 25.7. The third-order valence-electron chi connectivity index (χ3n) is 10.8.